The van der Waals surface area contributed by atoms with E-state index < -0.39 is 6.04 Å². The van der Waals surface area contributed by atoms with Crippen LogP contribution in [0.25, 0.3) is 5.57 Å². The summed E-state index contributed by atoms with van der Waals surface area (Å²) in [4.78, 5) is 41.1. The fraction of sp³-hybridized carbons (Fsp3) is 0.485. The van der Waals surface area contributed by atoms with Crippen LogP contribution in [0.2, 0.25) is 5.02 Å². The number of fused-ring (bicyclic) bond motifs is 1. The summed E-state index contributed by atoms with van der Waals surface area (Å²) < 4.78 is 0. The Morgan fingerprint density at radius 1 is 1.00 bits per heavy atom. The van der Waals surface area contributed by atoms with E-state index in [-0.39, 0.29) is 24.1 Å². The van der Waals surface area contributed by atoms with Crippen molar-refractivity contribution in [3.05, 3.63) is 69.8 Å². The van der Waals surface area contributed by atoms with Gasteiger partial charge in [0.1, 0.15) is 6.04 Å². The van der Waals surface area contributed by atoms with Crippen LogP contribution in [-0.2, 0) is 16.1 Å². The molecule has 0 saturated carbocycles. The molecule has 3 amide bonds. The zero-order chi connectivity index (χ0) is 28.7. The Labute approximate surface area is 247 Å². The summed E-state index contributed by atoms with van der Waals surface area (Å²) in [6.45, 7) is 8.26. The van der Waals surface area contributed by atoms with E-state index in [0.29, 0.717) is 30.0 Å². The van der Waals surface area contributed by atoms with Gasteiger partial charge in [-0.15, -0.1) is 0 Å². The average Bonchev–Trinajstić information content (AvgIpc) is 3.26. The van der Waals surface area contributed by atoms with Gasteiger partial charge < -0.3 is 10.2 Å². The number of hydrogen-bond acceptors (Lipinski definition) is 5. The van der Waals surface area contributed by atoms with Crippen LogP contribution in [0.3, 0.4) is 0 Å². The van der Waals surface area contributed by atoms with Crippen LogP contribution >= 0.6 is 11.6 Å². The molecule has 0 bridgehead atoms. The highest BCUT2D eigenvalue weighted by Crippen LogP contribution is 2.43. The van der Waals surface area contributed by atoms with Crippen molar-refractivity contribution in [2.75, 3.05) is 25.0 Å². The lowest BCUT2D eigenvalue weighted by Crippen LogP contribution is -2.52. The third-order valence-corrected chi connectivity index (χ3v) is 9.53. The molecule has 0 spiro atoms. The topological polar surface area (TPSA) is 81.8 Å². The fourth-order valence-corrected chi connectivity index (χ4v) is 7.00. The van der Waals surface area contributed by atoms with Crippen LogP contribution < -0.4 is 10.6 Å². The van der Waals surface area contributed by atoms with Crippen molar-refractivity contribution >= 4 is 40.6 Å². The molecule has 41 heavy (non-hydrogen) atoms. The average molecular weight is 575 g/mol. The molecule has 1 atom stereocenters. The molecule has 2 saturated heterocycles. The van der Waals surface area contributed by atoms with Crippen LogP contribution in [0.15, 0.2) is 48.0 Å². The first-order valence-electron chi connectivity index (χ1n) is 14.9. The first-order chi connectivity index (χ1) is 19.6. The molecule has 1 aliphatic carbocycles. The van der Waals surface area contributed by atoms with Gasteiger partial charge in [0.2, 0.25) is 11.8 Å². The van der Waals surface area contributed by atoms with E-state index in [1.165, 1.54) is 17.6 Å². The van der Waals surface area contributed by atoms with Crippen LogP contribution in [0.1, 0.15) is 80.3 Å². The van der Waals surface area contributed by atoms with Crippen molar-refractivity contribution in [1.29, 1.82) is 0 Å². The summed E-state index contributed by atoms with van der Waals surface area (Å²) in [5, 5.41) is 6.85. The van der Waals surface area contributed by atoms with E-state index in [1.807, 2.05) is 24.3 Å². The molecule has 3 heterocycles. The molecule has 216 valence electrons. The van der Waals surface area contributed by atoms with Gasteiger partial charge in [0, 0.05) is 54.9 Å². The number of piperidine rings is 2. The minimum atomic E-state index is -0.584. The number of likely N-dealkylation sites (tertiary alicyclic amines) is 1. The lowest BCUT2D eigenvalue weighted by molar-refractivity contribution is -0.136. The number of carbonyl (C=O) groups is 3. The zero-order valence-electron chi connectivity index (χ0n) is 24.0. The molecule has 6 rings (SSSR count). The van der Waals surface area contributed by atoms with Gasteiger partial charge in [0.05, 0.1) is 0 Å². The van der Waals surface area contributed by atoms with Crippen LogP contribution in [0.5, 0.6) is 0 Å². The SMILES string of the molecule is CC1(C)CCC(CN2CCC(Nc3ccc4c(c3)CN(C3CCC(=O)NC3=O)C4=O)CC2)=C(c2ccc(Cl)cc2)C1. The second-order valence-corrected chi connectivity index (χ2v) is 13.3. The van der Waals surface area contributed by atoms with E-state index in [0.717, 1.165) is 61.6 Å². The normalized spacial score (nSPS) is 23.5. The maximum Gasteiger partial charge on any atom is 0.255 e. The predicted octanol–water partition coefficient (Wildman–Crippen LogP) is 5.64. The Hall–Kier alpha value is -3.16. The summed E-state index contributed by atoms with van der Waals surface area (Å²) in [5.41, 5.74) is 7.29. The lowest BCUT2D eigenvalue weighted by atomic mass is 9.72. The number of carbonyl (C=O) groups excluding carboxylic acids is 3. The smallest absolute Gasteiger partial charge is 0.255 e. The number of imide groups is 1. The Kier molecular flexibility index (Phi) is 7.68. The number of halogens is 1. The van der Waals surface area contributed by atoms with E-state index in [1.54, 1.807) is 10.5 Å². The van der Waals surface area contributed by atoms with E-state index in [2.05, 4.69) is 47.6 Å². The largest absolute Gasteiger partial charge is 0.382 e. The van der Waals surface area contributed by atoms with Crippen molar-refractivity contribution in [2.45, 2.75) is 77.4 Å². The second kappa shape index (κ2) is 11.3. The summed E-state index contributed by atoms with van der Waals surface area (Å²) in [6, 6.07) is 14.0. The molecular weight excluding hydrogens is 536 g/mol. The second-order valence-electron chi connectivity index (χ2n) is 12.9. The summed E-state index contributed by atoms with van der Waals surface area (Å²) in [6.07, 6.45) is 6.24. The summed E-state index contributed by atoms with van der Waals surface area (Å²) in [5.74, 6) is -0.775. The maximum atomic E-state index is 13.0. The third-order valence-electron chi connectivity index (χ3n) is 9.27. The van der Waals surface area contributed by atoms with Gasteiger partial charge in [0.25, 0.3) is 5.91 Å². The first kappa shape index (κ1) is 28.0. The number of rotatable bonds is 6. The predicted molar refractivity (Wildman–Crippen MR) is 162 cm³/mol. The number of nitrogens with one attached hydrogen (secondary N) is 2. The molecule has 0 radical (unpaired) electrons. The van der Waals surface area contributed by atoms with Gasteiger partial charge in [-0.25, -0.2) is 0 Å². The molecule has 2 aromatic rings. The van der Waals surface area contributed by atoms with Gasteiger partial charge in [-0.2, -0.15) is 0 Å². The fourth-order valence-electron chi connectivity index (χ4n) is 6.87. The highest BCUT2D eigenvalue weighted by Gasteiger charge is 2.39. The quantitative estimate of drug-likeness (QED) is 0.436. The summed E-state index contributed by atoms with van der Waals surface area (Å²) >= 11 is 6.18. The molecule has 7 nitrogen and oxygen atoms in total. The Morgan fingerprint density at radius 3 is 2.49 bits per heavy atom. The van der Waals surface area contributed by atoms with Gasteiger partial charge in [-0.05, 0) is 91.0 Å². The van der Waals surface area contributed by atoms with Gasteiger partial charge >= 0.3 is 0 Å². The number of allylic oxidation sites excluding steroid dienone is 1. The molecule has 2 fully saturated rings. The van der Waals surface area contributed by atoms with Crippen LogP contribution in [0.4, 0.5) is 5.69 Å². The van der Waals surface area contributed by atoms with Crippen molar-refractivity contribution in [3.63, 3.8) is 0 Å². The van der Waals surface area contributed by atoms with Gasteiger partial charge in [-0.1, -0.05) is 43.2 Å². The zero-order valence-corrected chi connectivity index (χ0v) is 24.7. The Balaban J connectivity index is 1.07. The third kappa shape index (κ3) is 6.07. The Bertz CT molecular complexity index is 1390. The van der Waals surface area contributed by atoms with Gasteiger partial charge in [0.15, 0.2) is 0 Å². The van der Waals surface area contributed by atoms with Crippen molar-refractivity contribution in [1.82, 2.24) is 15.1 Å². The number of benzene rings is 2. The van der Waals surface area contributed by atoms with E-state index in [4.69, 9.17) is 11.6 Å². The first-order valence-corrected chi connectivity index (χ1v) is 15.3. The number of nitrogens with zero attached hydrogens (tertiary/aromatic N) is 2. The number of anilines is 1. The van der Waals surface area contributed by atoms with Crippen molar-refractivity contribution < 1.29 is 14.4 Å². The minimum Gasteiger partial charge on any atom is -0.382 e. The molecule has 2 N–H and O–H groups in total. The molecule has 4 aliphatic rings. The van der Waals surface area contributed by atoms with E-state index >= 15 is 0 Å². The molecule has 8 heteroatoms. The van der Waals surface area contributed by atoms with Gasteiger partial charge in [-0.3, -0.25) is 24.6 Å². The standard InChI is InChI=1S/C33H39ClN4O3/c1-33(2)14-11-22(28(18-33)21-3-5-24(34)6-4-21)19-37-15-12-25(13-16-37)35-26-7-8-27-23(17-26)20-38(32(27)41)29-9-10-30(39)36-31(29)40/h3-8,17,25,29,35H,9-16,18-20H2,1-2H3,(H,36,39,40). The highest BCUT2D eigenvalue weighted by molar-refractivity contribution is 6.30. The van der Waals surface area contributed by atoms with Crippen molar-refractivity contribution in [3.8, 4) is 0 Å². The molecule has 0 aromatic heterocycles. The highest BCUT2D eigenvalue weighted by atomic mass is 35.5. The lowest BCUT2D eigenvalue weighted by Gasteiger charge is -2.38. The molecule has 3 aliphatic heterocycles. The Morgan fingerprint density at radius 2 is 1.76 bits per heavy atom. The van der Waals surface area contributed by atoms with Crippen molar-refractivity contribution in [2.24, 2.45) is 5.41 Å². The molecule has 1 unspecified atom stereocenters. The van der Waals surface area contributed by atoms with Crippen LogP contribution in [0, 0.1) is 5.41 Å². The maximum absolute atomic E-state index is 13.0. The minimum absolute atomic E-state index is 0.132. The van der Waals surface area contributed by atoms with Crippen LogP contribution in [-0.4, -0.2) is 59.2 Å². The molecule has 2 aromatic carbocycles. The monoisotopic (exact) mass is 574 g/mol. The molecular formula is C33H39ClN4O3. The van der Waals surface area contributed by atoms with E-state index in [9.17, 15) is 14.4 Å². The number of amides is 3. The summed E-state index contributed by atoms with van der Waals surface area (Å²) in [7, 11) is 0. The number of hydrogen-bond donors (Lipinski definition) is 2.